The van der Waals surface area contributed by atoms with Crippen LogP contribution in [0.15, 0.2) is 36.4 Å². The van der Waals surface area contributed by atoms with Crippen LogP contribution in [0.25, 0.3) is 0 Å². The van der Waals surface area contributed by atoms with E-state index in [4.69, 9.17) is 14.2 Å². The van der Waals surface area contributed by atoms with Gasteiger partial charge in [-0.05, 0) is 35.4 Å². The van der Waals surface area contributed by atoms with Crippen LogP contribution in [0.2, 0.25) is 0 Å². The number of amides is 1. The van der Waals surface area contributed by atoms with E-state index in [9.17, 15) is 4.79 Å². The van der Waals surface area contributed by atoms with E-state index >= 15 is 0 Å². The lowest BCUT2D eigenvalue weighted by molar-refractivity contribution is 0.0963. The number of methoxy groups -OCH3 is 3. The Kier molecular flexibility index (Phi) is 6.65. The first-order valence-electron chi connectivity index (χ1n) is 7.93. The second kappa shape index (κ2) is 8.94. The van der Waals surface area contributed by atoms with Gasteiger partial charge in [-0.15, -0.1) is 0 Å². The molecule has 0 fully saturated rings. The van der Waals surface area contributed by atoms with Gasteiger partial charge >= 0.3 is 0 Å². The molecular weight excluding hydrogens is 320 g/mol. The third-order valence-electron chi connectivity index (χ3n) is 3.83. The van der Waals surface area contributed by atoms with E-state index in [-0.39, 0.29) is 5.91 Å². The zero-order chi connectivity index (χ0) is 18.2. The average Bonchev–Trinajstić information content (AvgIpc) is 2.66. The maximum atomic E-state index is 11.5. The van der Waals surface area contributed by atoms with Crippen LogP contribution in [0.3, 0.4) is 0 Å². The molecule has 2 aromatic rings. The molecule has 0 aromatic heterocycles. The number of benzene rings is 2. The predicted octanol–water partition coefficient (Wildman–Crippen LogP) is 2.36. The lowest BCUT2D eigenvalue weighted by Gasteiger charge is -2.14. The molecule has 2 rings (SSSR count). The smallest absolute Gasteiger partial charge is 0.251 e. The molecule has 0 unspecified atom stereocenters. The lowest BCUT2D eigenvalue weighted by atomic mass is 10.1. The summed E-state index contributed by atoms with van der Waals surface area (Å²) in [6.45, 7) is 1.33. The van der Waals surface area contributed by atoms with Crippen molar-refractivity contribution in [3.05, 3.63) is 53.1 Å². The van der Waals surface area contributed by atoms with Crippen molar-refractivity contribution in [2.24, 2.45) is 0 Å². The van der Waals surface area contributed by atoms with Crippen molar-refractivity contribution in [1.29, 1.82) is 0 Å². The largest absolute Gasteiger partial charge is 0.493 e. The van der Waals surface area contributed by atoms with Gasteiger partial charge in [-0.2, -0.15) is 0 Å². The Hall–Kier alpha value is -2.73. The summed E-state index contributed by atoms with van der Waals surface area (Å²) in [6, 6.07) is 11.3. The minimum Gasteiger partial charge on any atom is -0.493 e. The summed E-state index contributed by atoms with van der Waals surface area (Å²) in [5, 5.41) is 5.98. The minimum atomic E-state index is -0.0862. The van der Waals surface area contributed by atoms with Gasteiger partial charge in [0.2, 0.25) is 5.75 Å². The fourth-order valence-corrected chi connectivity index (χ4v) is 2.51. The second-order valence-corrected chi connectivity index (χ2v) is 5.41. The highest BCUT2D eigenvalue weighted by atomic mass is 16.5. The molecule has 134 valence electrons. The van der Waals surface area contributed by atoms with Gasteiger partial charge in [0.05, 0.1) is 21.3 Å². The quantitative estimate of drug-likeness (QED) is 0.769. The maximum Gasteiger partial charge on any atom is 0.251 e. The summed E-state index contributed by atoms with van der Waals surface area (Å²) in [5.74, 6) is 1.76. The Morgan fingerprint density at radius 1 is 0.880 bits per heavy atom. The van der Waals surface area contributed by atoms with Crippen LogP contribution in [0.4, 0.5) is 0 Å². The zero-order valence-electron chi connectivity index (χ0n) is 15.0. The van der Waals surface area contributed by atoms with Crippen LogP contribution in [0.5, 0.6) is 17.2 Å². The van der Waals surface area contributed by atoms with Crippen molar-refractivity contribution >= 4 is 5.91 Å². The zero-order valence-corrected chi connectivity index (χ0v) is 15.0. The molecule has 6 heteroatoms. The Morgan fingerprint density at radius 2 is 1.44 bits per heavy atom. The number of nitrogens with one attached hydrogen (secondary N) is 2. The fourth-order valence-electron chi connectivity index (χ4n) is 2.51. The second-order valence-electron chi connectivity index (χ2n) is 5.41. The van der Waals surface area contributed by atoms with Crippen LogP contribution in [-0.4, -0.2) is 34.3 Å². The van der Waals surface area contributed by atoms with E-state index in [1.54, 1.807) is 28.4 Å². The van der Waals surface area contributed by atoms with E-state index < -0.39 is 0 Å². The van der Waals surface area contributed by atoms with Crippen molar-refractivity contribution in [3.63, 3.8) is 0 Å². The van der Waals surface area contributed by atoms with Crippen LogP contribution in [0.1, 0.15) is 21.5 Å². The molecule has 0 saturated heterocycles. The van der Waals surface area contributed by atoms with Crippen LogP contribution >= 0.6 is 0 Å². The first-order chi connectivity index (χ1) is 12.1. The molecule has 0 aliphatic rings. The summed E-state index contributed by atoms with van der Waals surface area (Å²) >= 11 is 0. The third kappa shape index (κ3) is 4.64. The SMILES string of the molecule is CNC(=O)c1ccc(CNCc2cc(OC)c(OC)c(OC)c2)cc1. The Labute approximate surface area is 148 Å². The average molecular weight is 344 g/mol. The van der Waals surface area contributed by atoms with E-state index in [2.05, 4.69) is 10.6 Å². The first kappa shape index (κ1) is 18.6. The van der Waals surface area contributed by atoms with Gasteiger partial charge in [0.25, 0.3) is 5.91 Å². The molecule has 25 heavy (non-hydrogen) atoms. The Bertz CT molecular complexity index is 689. The molecule has 0 aliphatic heterocycles. The standard InChI is InChI=1S/C19H24N2O4/c1-20-19(22)15-7-5-13(6-8-15)11-21-12-14-9-16(23-2)18(25-4)17(10-14)24-3/h5-10,21H,11-12H2,1-4H3,(H,20,22). The van der Waals surface area contributed by atoms with Crippen molar-refractivity contribution < 1.29 is 19.0 Å². The number of hydrogen-bond acceptors (Lipinski definition) is 5. The van der Waals surface area contributed by atoms with Gasteiger partial charge in [0.15, 0.2) is 11.5 Å². The molecule has 0 spiro atoms. The Morgan fingerprint density at radius 3 is 1.92 bits per heavy atom. The fraction of sp³-hybridized carbons (Fsp3) is 0.316. The number of carbonyl (C=O) groups excluding carboxylic acids is 1. The van der Waals surface area contributed by atoms with E-state index in [0.717, 1.165) is 11.1 Å². The molecule has 0 bridgehead atoms. The van der Waals surface area contributed by atoms with Crippen LogP contribution in [-0.2, 0) is 13.1 Å². The van der Waals surface area contributed by atoms with Gasteiger partial charge in [0, 0.05) is 25.7 Å². The summed E-state index contributed by atoms with van der Waals surface area (Å²) in [5.41, 5.74) is 2.77. The van der Waals surface area contributed by atoms with Gasteiger partial charge in [-0.1, -0.05) is 12.1 Å². The molecule has 2 aromatic carbocycles. The van der Waals surface area contributed by atoms with Crippen LogP contribution < -0.4 is 24.8 Å². The molecular formula is C19H24N2O4. The van der Waals surface area contributed by atoms with Crippen molar-refractivity contribution in [2.75, 3.05) is 28.4 Å². The summed E-state index contributed by atoms with van der Waals surface area (Å²) in [6.07, 6.45) is 0. The number of rotatable bonds is 8. The molecule has 0 atom stereocenters. The monoisotopic (exact) mass is 344 g/mol. The number of hydrogen-bond donors (Lipinski definition) is 2. The van der Waals surface area contributed by atoms with Crippen LogP contribution in [0, 0.1) is 0 Å². The van der Waals surface area contributed by atoms with Gasteiger partial charge in [-0.25, -0.2) is 0 Å². The molecule has 0 heterocycles. The highest BCUT2D eigenvalue weighted by Crippen LogP contribution is 2.38. The molecule has 0 aliphatic carbocycles. The normalized spacial score (nSPS) is 10.2. The van der Waals surface area contributed by atoms with Crippen molar-refractivity contribution in [3.8, 4) is 17.2 Å². The lowest BCUT2D eigenvalue weighted by Crippen LogP contribution is -2.18. The van der Waals surface area contributed by atoms with E-state index in [1.807, 2.05) is 36.4 Å². The van der Waals surface area contributed by atoms with E-state index in [1.165, 1.54) is 0 Å². The number of ether oxygens (including phenoxy) is 3. The molecule has 2 N–H and O–H groups in total. The maximum absolute atomic E-state index is 11.5. The summed E-state index contributed by atoms with van der Waals surface area (Å²) in [4.78, 5) is 11.5. The summed E-state index contributed by atoms with van der Waals surface area (Å²) in [7, 11) is 6.40. The highest BCUT2D eigenvalue weighted by molar-refractivity contribution is 5.93. The van der Waals surface area contributed by atoms with Gasteiger partial charge in [-0.3, -0.25) is 4.79 Å². The number of carbonyl (C=O) groups is 1. The predicted molar refractivity (Wildman–Crippen MR) is 96.5 cm³/mol. The van der Waals surface area contributed by atoms with E-state index in [0.29, 0.717) is 35.9 Å². The van der Waals surface area contributed by atoms with Crippen molar-refractivity contribution in [2.45, 2.75) is 13.1 Å². The first-order valence-corrected chi connectivity index (χ1v) is 7.93. The third-order valence-corrected chi connectivity index (χ3v) is 3.83. The molecule has 0 saturated carbocycles. The van der Waals surface area contributed by atoms with Crippen molar-refractivity contribution in [1.82, 2.24) is 10.6 Å². The molecule has 0 radical (unpaired) electrons. The molecule has 6 nitrogen and oxygen atoms in total. The topological polar surface area (TPSA) is 68.8 Å². The summed E-state index contributed by atoms with van der Waals surface area (Å²) < 4.78 is 16.0. The van der Waals surface area contributed by atoms with Gasteiger partial charge in [0.1, 0.15) is 0 Å². The Balaban J connectivity index is 2.00. The van der Waals surface area contributed by atoms with Gasteiger partial charge < -0.3 is 24.8 Å². The minimum absolute atomic E-state index is 0.0862. The highest BCUT2D eigenvalue weighted by Gasteiger charge is 2.12. The molecule has 1 amide bonds.